The number of hydrogen-bond donors (Lipinski definition) is 2. The summed E-state index contributed by atoms with van der Waals surface area (Å²) in [5.41, 5.74) is 4.18. The lowest BCUT2D eigenvalue weighted by Gasteiger charge is -2.06. The highest BCUT2D eigenvalue weighted by atomic mass is 35.5. The van der Waals surface area contributed by atoms with E-state index in [-0.39, 0.29) is 5.91 Å². The van der Waals surface area contributed by atoms with Gasteiger partial charge in [-0.05, 0) is 36.4 Å². The van der Waals surface area contributed by atoms with Crippen molar-refractivity contribution in [2.24, 2.45) is 5.84 Å². The van der Waals surface area contributed by atoms with E-state index in [0.717, 1.165) is 21.8 Å². The molecule has 3 aromatic rings. The highest BCUT2D eigenvalue weighted by molar-refractivity contribution is 6.33. The normalized spacial score (nSPS) is 11.2. The molecule has 0 bridgehead atoms. The molecule has 0 radical (unpaired) electrons. The van der Waals surface area contributed by atoms with Crippen LogP contribution in [0.4, 0.5) is 0 Å². The third-order valence-electron chi connectivity index (χ3n) is 3.51. The van der Waals surface area contributed by atoms with Crippen molar-refractivity contribution in [1.29, 1.82) is 0 Å². The zero-order valence-corrected chi connectivity index (χ0v) is 12.6. The van der Waals surface area contributed by atoms with E-state index in [1.54, 1.807) is 0 Å². The largest absolute Gasteiger partial charge is 0.340 e. The number of nitrogens with two attached hydrogens (primary N) is 1. The first-order valence-electron chi connectivity index (χ1n) is 6.46. The lowest BCUT2D eigenvalue weighted by atomic mass is 10.1. The number of halogens is 2. The third kappa shape index (κ3) is 2.58. The highest BCUT2D eigenvalue weighted by Gasteiger charge is 2.12. The van der Waals surface area contributed by atoms with E-state index < -0.39 is 0 Å². The van der Waals surface area contributed by atoms with Crippen LogP contribution in [0.5, 0.6) is 0 Å². The molecule has 108 valence electrons. The maximum Gasteiger partial charge on any atom is 0.235 e. The number of carbonyl (C=O) groups is 1. The van der Waals surface area contributed by atoms with E-state index in [0.29, 0.717) is 23.0 Å². The fourth-order valence-electron chi connectivity index (χ4n) is 2.57. The summed E-state index contributed by atoms with van der Waals surface area (Å²) in [7, 11) is 0. The first kappa shape index (κ1) is 14.2. The van der Waals surface area contributed by atoms with Crippen molar-refractivity contribution in [3.8, 4) is 0 Å². The number of nitrogens with one attached hydrogen (secondary N) is 1. The van der Waals surface area contributed by atoms with Gasteiger partial charge in [-0.15, -0.1) is 0 Å². The number of carbonyl (C=O) groups excluding carboxylic acids is 1. The Labute approximate surface area is 131 Å². The van der Waals surface area contributed by atoms with E-state index in [4.69, 9.17) is 29.0 Å². The van der Waals surface area contributed by atoms with Gasteiger partial charge in [0.05, 0.1) is 0 Å². The summed E-state index contributed by atoms with van der Waals surface area (Å²) >= 11 is 12.2. The average molecular weight is 322 g/mol. The van der Waals surface area contributed by atoms with E-state index in [2.05, 4.69) is 9.99 Å². The van der Waals surface area contributed by atoms with Crippen LogP contribution in [0.25, 0.3) is 21.8 Å². The van der Waals surface area contributed by atoms with Crippen molar-refractivity contribution >= 4 is 50.9 Å². The number of hydrazine groups is 1. The molecule has 0 spiro atoms. The lowest BCUT2D eigenvalue weighted by molar-refractivity contribution is -0.121. The number of benzene rings is 2. The Morgan fingerprint density at radius 3 is 2.05 bits per heavy atom. The Balaban J connectivity index is 2.22. The van der Waals surface area contributed by atoms with Crippen molar-refractivity contribution in [3.05, 3.63) is 46.4 Å². The van der Waals surface area contributed by atoms with Gasteiger partial charge in [-0.25, -0.2) is 5.84 Å². The van der Waals surface area contributed by atoms with Gasteiger partial charge >= 0.3 is 0 Å². The van der Waals surface area contributed by atoms with E-state index in [9.17, 15) is 4.79 Å². The van der Waals surface area contributed by atoms with Crippen LogP contribution in [-0.2, 0) is 11.3 Å². The second kappa shape index (κ2) is 5.56. The molecule has 0 atom stereocenters. The first-order valence-corrected chi connectivity index (χ1v) is 7.22. The fraction of sp³-hybridized carbons (Fsp3) is 0.133. The average Bonchev–Trinajstić information content (AvgIpc) is 2.77. The summed E-state index contributed by atoms with van der Waals surface area (Å²) in [6.07, 6.45) is 0.306. The molecular formula is C15H13Cl2N3O. The van der Waals surface area contributed by atoms with Crippen LogP contribution in [-0.4, -0.2) is 10.5 Å². The maximum atomic E-state index is 11.4. The van der Waals surface area contributed by atoms with Crippen molar-refractivity contribution < 1.29 is 4.79 Å². The Bertz CT molecular complexity index is 782. The van der Waals surface area contributed by atoms with Gasteiger partial charge in [0.1, 0.15) is 0 Å². The monoisotopic (exact) mass is 321 g/mol. The minimum atomic E-state index is -0.201. The minimum absolute atomic E-state index is 0.201. The predicted molar refractivity (Wildman–Crippen MR) is 86.4 cm³/mol. The van der Waals surface area contributed by atoms with Gasteiger partial charge in [0.25, 0.3) is 0 Å². The Morgan fingerprint density at radius 2 is 1.57 bits per heavy atom. The minimum Gasteiger partial charge on any atom is -0.340 e. The predicted octanol–water partition coefficient (Wildman–Crippen LogP) is 3.48. The lowest BCUT2D eigenvalue weighted by Crippen LogP contribution is -2.30. The second-order valence-electron chi connectivity index (χ2n) is 4.79. The summed E-state index contributed by atoms with van der Waals surface area (Å²) < 4.78 is 2.08. The summed E-state index contributed by atoms with van der Waals surface area (Å²) in [5.74, 6) is 4.93. The molecule has 0 aliphatic heterocycles. The maximum absolute atomic E-state index is 11.4. The van der Waals surface area contributed by atoms with Gasteiger partial charge in [0.15, 0.2) is 0 Å². The van der Waals surface area contributed by atoms with Crippen LogP contribution in [0.2, 0.25) is 10.0 Å². The molecule has 1 amide bonds. The SMILES string of the molecule is NNC(=O)CCn1c2ccc(Cl)cc2c2cc(Cl)ccc21. The Hall–Kier alpha value is -1.75. The van der Waals surface area contributed by atoms with Gasteiger partial charge in [-0.1, -0.05) is 23.2 Å². The summed E-state index contributed by atoms with van der Waals surface area (Å²) in [5, 5.41) is 3.38. The molecule has 3 rings (SSSR count). The number of aryl methyl sites for hydroxylation is 1. The van der Waals surface area contributed by atoms with E-state index >= 15 is 0 Å². The summed E-state index contributed by atoms with van der Waals surface area (Å²) in [4.78, 5) is 11.4. The van der Waals surface area contributed by atoms with Crippen molar-refractivity contribution in [2.75, 3.05) is 0 Å². The van der Waals surface area contributed by atoms with Crippen molar-refractivity contribution in [3.63, 3.8) is 0 Å². The zero-order chi connectivity index (χ0) is 15.0. The smallest absolute Gasteiger partial charge is 0.235 e. The molecule has 0 aliphatic carbocycles. The highest BCUT2D eigenvalue weighted by Crippen LogP contribution is 2.32. The molecule has 4 nitrogen and oxygen atoms in total. The van der Waals surface area contributed by atoms with Crippen LogP contribution < -0.4 is 11.3 Å². The van der Waals surface area contributed by atoms with Gasteiger partial charge in [0.2, 0.25) is 5.91 Å². The summed E-state index contributed by atoms with van der Waals surface area (Å²) in [6.45, 7) is 0.534. The number of nitrogens with zero attached hydrogens (tertiary/aromatic N) is 1. The van der Waals surface area contributed by atoms with Crippen molar-refractivity contribution in [1.82, 2.24) is 9.99 Å². The number of fused-ring (bicyclic) bond motifs is 3. The molecule has 21 heavy (non-hydrogen) atoms. The molecule has 0 saturated carbocycles. The Kier molecular flexibility index (Phi) is 3.76. The van der Waals surface area contributed by atoms with Crippen LogP contribution >= 0.6 is 23.2 Å². The molecule has 0 unspecified atom stereocenters. The van der Waals surface area contributed by atoms with Crippen LogP contribution in [0, 0.1) is 0 Å². The molecule has 0 fully saturated rings. The van der Waals surface area contributed by atoms with Gasteiger partial charge in [0, 0.05) is 44.8 Å². The number of hydrogen-bond acceptors (Lipinski definition) is 2. The van der Waals surface area contributed by atoms with Crippen LogP contribution in [0.3, 0.4) is 0 Å². The molecule has 2 aromatic carbocycles. The van der Waals surface area contributed by atoms with E-state index in [1.165, 1.54) is 0 Å². The summed E-state index contributed by atoms with van der Waals surface area (Å²) in [6, 6.07) is 11.4. The number of amides is 1. The molecule has 1 aromatic heterocycles. The van der Waals surface area contributed by atoms with Crippen LogP contribution in [0.1, 0.15) is 6.42 Å². The Morgan fingerprint density at radius 1 is 1.05 bits per heavy atom. The molecule has 6 heteroatoms. The third-order valence-corrected chi connectivity index (χ3v) is 3.98. The quantitative estimate of drug-likeness (QED) is 0.441. The van der Waals surface area contributed by atoms with Crippen LogP contribution in [0.15, 0.2) is 36.4 Å². The van der Waals surface area contributed by atoms with E-state index in [1.807, 2.05) is 36.4 Å². The molecule has 0 saturated heterocycles. The molecular weight excluding hydrogens is 309 g/mol. The first-order chi connectivity index (χ1) is 10.1. The molecule has 1 heterocycles. The van der Waals surface area contributed by atoms with Gasteiger partial charge in [-0.3, -0.25) is 10.2 Å². The number of rotatable bonds is 3. The van der Waals surface area contributed by atoms with Gasteiger partial charge < -0.3 is 4.57 Å². The standard InChI is InChI=1S/C15H13Cl2N3O/c16-9-1-3-13-11(7-9)12-8-10(17)2-4-14(12)20(13)6-5-15(21)19-18/h1-4,7-8H,5-6,18H2,(H,19,21). The molecule has 3 N–H and O–H groups in total. The topological polar surface area (TPSA) is 60.0 Å². The number of aromatic nitrogens is 1. The van der Waals surface area contributed by atoms with Crippen molar-refractivity contribution in [2.45, 2.75) is 13.0 Å². The second-order valence-corrected chi connectivity index (χ2v) is 5.66. The zero-order valence-electron chi connectivity index (χ0n) is 11.1. The fourth-order valence-corrected chi connectivity index (χ4v) is 2.92. The van der Waals surface area contributed by atoms with Gasteiger partial charge in [-0.2, -0.15) is 0 Å². The molecule has 0 aliphatic rings.